The SMILES string of the molecule is CCCCCCCCCCCCCCCCCC(=O)N1CCN(OC(=C=O)C(COC(=O)NCC2=CC=CCN2C(=O)c2ccccc2OC)OC)CC1. The van der Waals surface area contributed by atoms with Gasteiger partial charge in [-0.1, -0.05) is 121 Å². The van der Waals surface area contributed by atoms with E-state index in [2.05, 4.69) is 12.2 Å². The van der Waals surface area contributed by atoms with Gasteiger partial charge in [0, 0.05) is 38.9 Å². The van der Waals surface area contributed by atoms with Gasteiger partial charge in [-0.05, 0) is 24.6 Å². The summed E-state index contributed by atoms with van der Waals surface area (Å²) in [6.07, 6.45) is 23.6. The van der Waals surface area contributed by atoms with E-state index in [9.17, 15) is 19.2 Å². The van der Waals surface area contributed by atoms with Gasteiger partial charge < -0.3 is 34.2 Å². The molecule has 1 fully saturated rings. The highest BCUT2D eigenvalue weighted by atomic mass is 16.7. The lowest BCUT2D eigenvalue weighted by Crippen LogP contribution is -2.49. The first-order valence-corrected chi connectivity index (χ1v) is 20.1. The van der Waals surface area contributed by atoms with Crippen molar-refractivity contribution in [2.24, 2.45) is 0 Å². The topological polar surface area (TPSA) is 127 Å². The Morgan fingerprint density at radius 3 is 2.04 bits per heavy atom. The number of hydroxylamine groups is 2. The maximum Gasteiger partial charge on any atom is 0.407 e. The monoisotopic (exact) mass is 752 g/mol. The molecule has 12 heteroatoms. The van der Waals surface area contributed by atoms with Gasteiger partial charge in [0.05, 0.1) is 32.3 Å². The molecule has 1 saturated heterocycles. The fourth-order valence-electron chi connectivity index (χ4n) is 6.62. The molecule has 2 aliphatic rings. The second-order valence-electron chi connectivity index (χ2n) is 13.9. The summed E-state index contributed by atoms with van der Waals surface area (Å²) < 4.78 is 16.1. The van der Waals surface area contributed by atoms with Crippen LogP contribution in [0.15, 0.2) is 53.9 Å². The van der Waals surface area contributed by atoms with Crippen LogP contribution in [0.3, 0.4) is 0 Å². The molecule has 1 aromatic rings. The van der Waals surface area contributed by atoms with Crippen molar-refractivity contribution in [2.75, 3.05) is 60.1 Å². The van der Waals surface area contributed by atoms with Gasteiger partial charge in [-0.15, -0.1) is 5.06 Å². The Labute approximate surface area is 322 Å². The lowest BCUT2D eigenvalue weighted by Gasteiger charge is -2.34. The van der Waals surface area contributed by atoms with Crippen LogP contribution >= 0.6 is 0 Å². The number of carbonyl (C=O) groups excluding carboxylic acids is 4. The zero-order valence-corrected chi connectivity index (χ0v) is 33.0. The molecule has 3 amide bonds. The highest BCUT2D eigenvalue weighted by Crippen LogP contribution is 2.23. The number of piperazine rings is 1. The second kappa shape index (κ2) is 26.6. The van der Waals surface area contributed by atoms with E-state index in [1.54, 1.807) is 46.2 Å². The van der Waals surface area contributed by atoms with Gasteiger partial charge in [-0.25, -0.2) is 9.59 Å². The molecule has 1 unspecified atom stereocenters. The van der Waals surface area contributed by atoms with Crippen molar-refractivity contribution in [3.63, 3.8) is 0 Å². The molecular formula is C42H64N4O8. The predicted molar refractivity (Wildman–Crippen MR) is 209 cm³/mol. The minimum absolute atomic E-state index is 0.0248. The average Bonchev–Trinajstić information content (AvgIpc) is 3.21. The summed E-state index contributed by atoms with van der Waals surface area (Å²) in [7, 11) is 2.88. The van der Waals surface area contributed by atoms with Crippen molar-refractivity contribution < 1.29 is 38.2 Å². The number of rotatable bonds is 26. The number of amides is 3. The standard InChI is InChI=1S/C42H64N4O8/c1-4-5-6-7-8-9-10-11-12-13-14-15-16-17-18-26-40(48)44-28-30-45(31-29-44)54-38(33-47)39(52-3)34-53-42(50)43-32-35-23-21-22-27-46(35)41(49)36-24-19-20-25-37(36)51-2/h19-25,39H,4-18,26-32,34H2,1-3H3,(H,43,50). The van der Waals surface area contributed by atoms with Gasteiger partial charge in [0.1, 0.15) is 12.4 Å². The maximum absolute atomic E-state index is 13.3. The molecule has 3 rings (SSSR count). The first-order valence-electron chi connectivity index (χ1n) is 20.1. The second-order valence-corrected chi connectivity index (χ2v) is 13.9. The van der Waals surface area contributed by atoms with Gasteiger partial charge >= 0.3 is 6.09 Å². The molecule has 12 nitrogen and oxygen atoms in total. The molecule has 0 aromatic heterocycles. The van der Waals surface area contributed by atoms with Crippen molar-refractivity contribution in [2.45, 2.75) is 116 Å². The molecule has 1 N–H and O–H groups in total. The maximum atomic E-state index is 13.3. The number of benzene rings is 1. The summed E-state index contributed by atoms with van der Waals surface area (Å²) >= 11 is 0. The molecule has 300 valence electrons. The summed E-state index contributed by atoms with van der Waals surface area (Å²) in [5.41, 5.74) is 0.973. The third-order valence-electron chi connectivity index (χ3n) is 9.91. The van der Waals surface area contributed by atoms with Crippen molar-refractivity contribution in [1.29, 1.82) is 0 Å². The summed E-state index contributed by atoms with van der Waals surface area (Å²) in [6, 6.07) is 6.95. The van der Waals surface area contributed by atoms with Crippen molar-refractivity contribution >= 4 is 23.8 Å². The van der Waals surface area contributed by atoms with Gasteiger partial charge in [0.2, 0.25) is 11.7 Å². The summed E-state index contributed by atoms with van der Waals surface area (Å²) in [5, 5.41) is 4.25. The van der Waals surface area contributed by atoms with E-state index >= 15 is 0 Å². The molecule has 0 bridgehead atoms. The number of hydrogen-bond donors (Lipinski definition) is 1. The Morgan fingerprint density at radius 1 is 0.833 bits per heavy atom. The summed E-state index contributed by atoms with van der Waals surface area (Å²) in [5.74, 6) is 1.96. The van der Waals surface area contributed by atoms with Crippen LogP contribution in [-0.2, 0) is 23.9 Å². The Morgan fingerprint density at radius 2 is 1.44 bits per heavy atom. The third-order valence-corrected chi connectivity index (χ3v) is 9.91. The third kappa shape index (κ3) is 16.1. The van der Waals surface area contributed by atoms with Gasteiger partial charge in [-0.3, -0.25) is 9.59 Å². The number of nitrogens with zero attached hydrogens (tertiary/aromatic N) is 3. The van der Waals surface area contributed by atoms with Crippen LogP contribution in [0.1, 0.15) is 120 Å². The van der Waals surface area contributed by atoms with E-state index in [0.717, 1.165) is 12.8 Å². The lowest BCUT2D eigenvalue weighted by molar-refractivity contribution is -0.165. The van der Waals surface area contributed by atoms with E-state index in [4.69, 9.17) is 19.0 Å². The predicted octanol–water partition coefficient (Wildman–Crippen LogP) is 7.39. The highest BCUT2D eigenvalue weighted by molar-refractivity contribution is 5.98. The fraction of sp³-hybridized carbons (Fsp3) is 0.643. The first-order chi connectivity index (χ1) is 26.4. The van der Waals surface area contributed by atoms with E-state index in [1.807, 2.05) is 17.1 Å². The number of alkyl carbamates (subject to hydrolysis) is 1. The van der Waals surface area contributed by atoms with Crippen LogP contribution in [0.4, 0.5) is 4.79 Å². The molecule has 1 atom stereocenters. The number of hydrogen-bond acceptors (Lipinski definition) is 9. The Kier molecular flexibility index (Phi) is 21.8. The quantitative estimate of drug-likeness (QED) is 0.0586. The zero-order chi connectivity index (χ0) is 38.8. The number of ether oxygens (including phenoxy) is 3. The van der Waals surface area contributed by atoms with Crippen LogP contribution in [0.5, 0.6) is 5.75 Å². The number of carbonyl (C=O) groups is 3. The molecule has 1 aromatic carbocycles. The number of allylic oxidation sites excluding steroid dienone is 2. The highest BCUT2D eigenvalue weighted by Gasteiger charge is 2.27. The van der Waals surface area contributed by atoms with E-state index in [0.29, 0.717) is 56.2 Å². The van der Waals surface area contributed by atoms with Crippen molar-refractivity contribution in [3.8, 4) is 5.75 Å². The van der Waals surface area contributed by atoms with Gasteiger partial charge in [-0.2, -0.15) is 0 Å². The molecule has 2 heterocycles. The van der Waals surface area contributed by atoms with Crippen LogP contribution in [-0.4, -0.2) is 105 Å². The summed E-state index contributed by atoms with van der Waals surface area (Å²) in [4.78, 5) is 59.7. The largest absolute Gasteiger partial charge is 0.496 e. The average molecular weight is 753 g/mol. The number of methoxy groups -OCH3 is 2. The van der Waals surface area contributed by atoms with Gasteiger partial charge in [0.25, 0.3) is 5.91 Å². The Hall–Kier alpha value is -4.12. The molecule has 0 spiro atoms. The Bertz CT molecular complexity index is 1380. The number of unbranched alkanes of at least 4 members (excludes halogenated alkanes) is 14. The van der Waals surface area contributed by atoms with Gasteiger partial charge in [0.15, 0.2) is 12.0 Å². The van der Waals surface area contributed by atoms with E-state index < -0.39 is 12.2 Å². The molecule has 0 radical (unpaired) electrons. The number of para-hydroxylation sites is 1. The molecule has 0 saturated carbocycles. The normalized spacial score (nSPS) is 14.9. The van der Waals surface area contributed by atoms with Crippen molar-refractivity contribution in [1.82, 2.24) is 20.2 Å². The minimum Gasteiger partial charge on any atom is -0.496 e. The minimum atomic E-state index is -0.988. The number of nitrogens with one attached hydrogen (secondary N) is 1. The molecule has 54 heavy (non-hydrogen) atoms. The van der Waals surface area contributed by atoms with Crippen molar-refractivity contribution in [3.05, 3.63) is 59.5 Å². The van der Waals surface area contributed by atoms with E-state index in [-0.39, 0.29) is 30.7 Å². The lowest BCUT2D eigenvalue weighted by atomic mass is 10.0. The van der Waals surface area contributed by atoms with Crippen LogP contribution < -0.4 is 10.1 Å². The smallest absolute Gasteiger partial charge is 0.407 e. The fourth-order valence-corrected chi connectivity index (χ4v) is 6.62. The zero-order valence-electron chi connectivity index (χ0n) is 33.0. The molecule has 0 aliphatic carbocycles. The van der Waals surface area contributed by atoms with Crippen LogP contribution in [0, 0.1) is 0 Å². The van der Waals surface area contributed by atoms with Crippen LogP contribution in [0.25, 0.3) is 0 Å². The van der Waals surface area contributed by atoms with E-state index in [1.165, 1.54) is 97.7 Å². The first kappa shape index (κ1) is 44.3. The summed E-state index contributed by atoms with van der Waals surface area (Å²) in [6.45, 7) is 4.13. The molecule has 2 aliphatic heterocycles. The Balaban J connectivity index is 1.27. The molecular weight excluding hydrogens is 688 g/mol. The van der Waals surface area contributed by atoms with Crippen LogP contribution in [0.2, 0.25) is 0 Å².